The Morgan fingerprint density at radius 3 is 2.60 bits per heavy atom. The van der Waals surface area contributed by atoms with E-state index in [0.29, 0.717) is 30.8 Å². The van der Waals surface area contributed by atoms with E-state index in [4.69, 9.17) is 0 Å². The second kappa shape index (κ2) is 5.95. The summed E-state index contributed by atoms with van der Waals surface area (Å²) in [6.45, 7) is 2.94. The zero-order valence-electron chi connectivity index (χ0n) is 13.6. The first-order valence-electron chi connectivity index (χ1n) is 8.05. The molecule has 0 spiro atoms. The van der Waals surface area contributed by atoms with Crippen LogP contribution in [0.3, 0.4) is 0 Å². The van der Waals surface area contributed by atoms with Crippen molar-refractivity contribution in [2.24, 2.45) is 0 Å². The van der Waals surface area contributed by atoms with Crippen molar-refractivity contribution < 1.29 is 13.2 Å². The summed E-state index contributed by atoms with van der Waals surface area (Å²) in [5, 5.41) is 0. The maximum atomic E-state index is 14.0. The number of pyridine rings is 1. The molecule has 3 heterocycles. The lowest BCUT2D eigenvalue weighted by Gasteiger charge is -2.29. The lowest BCUT2D eigenvalue weighted by Crippen LogP contribution is -2.30. The summed E-state index contributed by atoms with van der Waals surface area (Å²) in [6.07, 6.45) is 3.53. The molecular weight excluding hydrogens is 327 g/mol. The first-order valence-corrected chi connectivity index (χ1v) is 8.05. The second-order valence-electron chi connectivity index (χ2n) is 6.22. The highest BCUT2D eigenvalue weighted by Gasteiger charge is 2.23. The molecule has 0 atom stereocenters. The maximum Gasteiger partial charge on any atom is 0.146 e. The Bertz CT molecular complexity index is 929. The van der Waals surface area contributed by atoms with Gasteiger partial charge in [0.05, 0.1) is 29.3 Å². The Hall–Kier alpha value is -2.76. The molecule has 0 radical (unpaired) electrons. The van der Waals surface area contributed by atoms with Gasteiger partial charge in [0.1, 0.15) is 17.5 Å². The standard InChI is InChI=1S/C19H16F3N3/c1-11-15(22)8-23-9-18(11)25-6-5-16-12(10-25)7-17(24-16)19-13(20)3-2-4-14(19)21/h2-4,7-9,24H,5-6,10H2,1H3. The first kappa shape index (κ1) is 15.7. The number of nitrogens with one attached hydrogen (secondary N) is 1. The van der Waals surface area contributed by atoms with Crippen LogP contribution in [0.15, 0.2) is 36.7 Å². The van der Waals surface area contributed by atoms with Crippen molar-refractivity contribution in [2.75, 3.05) is 11.4 Å². The van der Waals surface area contributed by atoms with Crippen molar-refractivity contribution in [1.29, 1.82) is 0 Å². The highest BCUT2D eigenvalue weighted by Crippen LogP contribution is 2.32. The molecule has 0 aliphatic carbocycles. The molecule has 1 N–H and O–H groups in total. The van der Waals surface area contributed by atoms with E-state index in [2.05, 4.69) is 9.97 Å². The van der Waals surface area contributed by atoms with Crippen LogP contribution in [-0.2, 0) is 13.0 Å². The third kappa shape index (κ3) is 2.67. The molecular formula is C19H16F3N3. The normalized spacial score (nSPS) is 13.8. The SMILES string of the molecule is Cc1c(F)cncc1N1CCc2[nH]c(-c3c(F)cccc3F)cc2C1. The molecule has 128 valence electrons. The van der Waals surface area contributed by atoms with Crippen LogP contribution in [-0.4, -0.2) is 16.5 Å². The molecule has 1 aromatic carbocycles. The van der Waals surface area contributed by atoms with Gasteiger partial charge in [0.15, 0.2) is 0 Å². The number of aromatic nitrogens is 2. The zero-order chi connectivity index (χ0) is 17.6. The van der Waals surface area contributed by atoms with Crippen molar-refractivity contribution >= 4 is 5.69 Å². The Labute approximate surface area is 143 Å². The smallest absolute Gasteiger partial charge is 0.146 e. The van der Waals surface area contributed by atoms with E-state index in [1.54, 1.807) is 19.2 Å². The molecule has 4 rings (SSSR count). The predicted octanol–water partition coefficient (Wildman–Crippen LogP) is 4.37. The fourth-order valence-corrected chi connectivity index (χ4v) is 3.34. The molecule has 0 fully saturated rings. The molecule has 6 heteroatoms. The van der Waals surface area contributed by atoms with E-state index in [1.165, 1.54) is 24.4 Å². The number of halogens is 3. The van der Waals surface area contributed by atoms with Crippen molar-refractivity contribution in [1.82, 2.24) is 9.97 Å². The van der Waals surface area contributed by atoms with E-state index in [1.807, 2.05) is 4.90 Å². The Balaban J connectivity index is 1.69. The fraction of sp³-hybridized carbons (Fsp3) is 0.211. The lowest BCUT2D eigenvalue weighted by molar-refractivity contribution is 0.589. The van der Waals surface area contributed by atoms with E-state index in [-0.39, 0.29) is 11.4 Å². The zero-order valence-corrected chi connectivity index (χ0v) is 13.6. The Kier molecular flexibility index (Phi) is 3.75. The van der Waals surface area contributed by atoms with Gasteiger partial charge in [-0.15, -0.1) is 0 Å². The number of H-pyrrole nitrogens is 1. The minimum absolute atomic E-state index is 0.0490. The molecule has 0 bridgehead atoms. The topological polar surface area (TPSA) is 31.9 Å². The van der Waals surface area contributed by atoms with E-state index >= 15 is 0 Å². The molecule has 1 aliphatic heterocycles. The van der Waals surface area contributed by atoms with Gasteiger partial charge in [0.2, 0.25) is 0 Å². The van der Waals surface area contributed by atoms with Crippen molar-refractivity contribution in [2.45, 2.75) is 19.9 Å². The van der Waals surface area contributed by atoms with Crippen LogP contribution in [0.5, 0.6) is 0 Å². The number of hydrogen-bond donors (Lipinski definition) is 1. The van der Waals surface area contributed by atoms with Crippen molar-refractivity contribution in [3.8, 4) is 11.3 Å². The molecule has 0 unspecified atom stereocenters. The quantitative estimate of drug-likeness (QED) is 0.749. The van der Waals surface area contributed by atoms with Gasteiger partial charge in [-0.2, -0.15) is 0 Å². The van der Waals surface area contributed by atoms with Gasteiger partial charge in [-0.25, -0.2) is 13.2 Å². The monoisotopic (exact) mass is 343 g/mol. The highest BCUT2D eigenvalue weighted by molar-refractivity contribution is 5.64. The van der Waals surface area contributed by atoms with Crippen LogP contribution in [0.1, 0.15) is 16.8 Å². The Morgan fingerprint density at radius 1 is 1.08 bits per heavy atom. The predicted molar refractivity (Wildman–Crippen MR) is 89.8 cm³/mol. The summed E-state index contributed by atoms with van der Waals surface area (Å²) in [4.78, 5) is 9.09. The minimum Gasteiger partial charge on any atom is -0.365 e. The van der Waals surface area contributed by atoms with Crippen LogP contribution in [0.4, 0.5) is 18.9 Å². The van der Waals surface area contributed by atoms with Gasteiger partial charge in [-0.3, -0.25) is 4.98 Å². The van der Waals surface area contributed by atoms with Crippen molar-refractivity contribution in [3.05, 3.63) is 70.9 Å². The summed E-state index contributed by atoms with van der Waals surface area (Å²) < 4.78 is 41.8. The average molecular weight is 343 g/mol. The third-order valence-corrected chi connectivity index (χ3v) is 4.68. The molecule has 0 amide bonds. The first-order chi connectivity index (χ1) is 12.0. The summed E-state index contributed by atoms with van der Waals surface area (Å²) in [5.41, 5.74) is 3.58. The molecule has 3 aromatic rings. The van der Waals surface area contributed by atoms with Gasteiger partial charge < -0.3 is 9.88 Å². The summed E-state index contributed by atoms with van der Waals surface area (Å²) in [5.74, 6) is -1.53. The number of nitrogens with zero attached hydrogens (tertiary/aromatic N) is 2. The van der Waals surface area contributed by atoms with Gasteiger partial charge >= 0.3 is 0 Å². The molecule has 2 aromatic heterocycles. The number of aromatic amines is 1. The molecule has 0 saturated heterocycles. The van der Waals surface area contributed by atoms with E-state index < -0.39 is 11.6 Å². The highest BCUT2D eigenvalue weighted by atomic mass is 19.1. The van der Waals surface area contributed by atoms with E-state index in [9.17, 15) is 13.2 Å². The fourth-order valence-electron chi connectivity index (χ4n) is 3.34. The van der Waals surface area contributed by atoms with Gasteiger partial charge in [0.25, 0.3) is 0 Å². The lowest BCUT2D eigenvalue weighted by atomic mass is 10.1. The van der Waals surface area contributed by atoms with Crippen molar-refractivity contribution in [3.63, 3.8) is 0 Å². The van der Waals surface area contributed by atoms with Gasteiger partial charge in [0, 0.05) is 30.8 Å². The summed E-state index contributed by atoms with van der Waals surface area (Å²) in [6, 6.07) is 5.60. The molecule has 0 saturated carbocycles. The number of hydrogen-bond acceptors (Lipinski definition) is 2. The average Bonchev–Trinajstić information content (AvgIpc) is 2.99. The molecule has 25 heavy (non-hydrogen) atoms. The van der Waals surface area contributed by atoms with Crippen LogP contribution in [0.25, 0.3) is 11.3 Å². The third-order valence-electron chi connectivity index (χ3n) is 4.68. The largest absolute Gasteiger partial charge is 0.365 e. The number of anilines is 1. The molecule has 1 aliphatic rings. The molecule has 3 nitrogen and oxygen atoms in total. The maximum absolute atomic E-state index is 14.0. The second-order valence-corrected chi connectivity index (χ2v) is 6.22. The van der Waals surface area contributed by atoms with Crippen LogP contribution in [0.2, 0.25) is 0 Å². The number of rotatable bonds is 2. The van der Waals surface area contributed by atoms with Gasteiger partial charge in [-0.1, -0.05) is 6.07 Å². The summed E-state index contributed by atoms with van der Waals surface area (Å²) in [7, 11) is 0. The Morgan fingerprint density at radius 2 is 1.84 bits per heavy atom. The summed E-state index contributed by atoms with van der Waals surface area (Å²) >= 11 is 0. The van der Waals surface area contributed by atoms with E-state index in [0.717, 1.165) is 16.9 Å². The number of benzene rings is 1. The van der Waals surface area contributed by atoms with Crippen LogP contribution >= 0.6 is 0 Å². The van der Waals surface area contributed by atoms with Crippen LogP contribution < -0.4 is 4.90 Å². The van der Waals surface area contributed by atoms with Gasteiger partial charge in [-0.05, 0) is 30.7 Å². The minimum atomic E-state index is -0.597. The number of fused-ring (bicyclic) bond motifs is 1. The van der Waals surface area contributed by atoms with Crippen LogP contribution in [0, 0.1) is 24.4 Å².